The van der Waals surface area contributed by atoms with Crippen molar-refractivity contribution < 1.29 is 15.3 Å². The van der Waals surface area contributed by atoms with Gasteiger partial charge in [-0.3, -0.25) is 0 Å². The Morgan fingerprint density at radius 3 is 1.74 bits per heavy atom. The maximum atomic E-state index is 10.7. The van der Waals surface area contributed by atoms with Crippen molar-refractivity contribution in [1.82, 2.24) is 0 Å². The van der Waals surface area contributed by atoms with Gasteiger partial charge < -0.3 is 15.3 Å². The van der Waals surface area contributed by atoms with Crippen molar-refractivity contribution >= 4 is 0 Å². The van der Waals surface area contributed by atoms with Gasteiger partial charge in [0.2, 0.25) is 0 Å². The fraction of sp³-hybridized carbons (Fsp3) is 1.00. The Morgan fingerprint density at radius 1 is 0.783 bits per heavy atom. The lowest BCUT2D eigenvalue weighted by Gasteiger charge is -2.14. The Hall–Kier alpha value is -0.520. The van der Waals surface area contributed by atoms with Gasteiger partial charge in [-0.25, -0.2) is 0 Å². The van der Waals surface area contributed by atoms with Crippen LogP contribution >= 0.6 is 0 Å². The van der Waals surface area contributed by atoms with Crippen molar-refractivity contribution in [2.45, 2.75) is 115 Å². The second-order valence-corrected chi connectivity index (χ2v) is 6.86. The van der Waals surface area contributed by atoms with Crippen LogP contribution in [0.5, 0.6) is 0 Å². The van der Waals surface area contributed by atoms with Crippen LogP contribution in [0.4, 0.5) is 0 Å². The van der Waals surface area contributed by atoms with E-state index in [-0.39, 0.29) is 12.1 Å². The van der Waals surface area contributed by atoms with E-state index in [0.29, 0.717) is 12.8 Å². The monoisotopic (exact) mass is 331 g/mol. The highest BCUT2D eigenvalue weighted by Crippen LogP contribution is 2.16. The summed E-state index contributed by atoms with van der Waals surface area (Å²) in [5.41, 5.74) is 0. The summed E-state index contributed by atoms with van der Waals surface area (Å²) in [5.74, 6) is 0. The third-order valence-corrected chi connectivity index (χ3v) is 4.30. The zero-order chi connectivity index (χ0) is 17.5. The molecule has 0 aromatic heterocycles. The molecule has 3 unspecified atom stereocenters. The average Bonchev–Trinajstić information content (AvgIpc) is 2.50. The summed E-state index contributed by atoms with van der Waals surface area (Å²) in [6.45, 7) is 3.79. The van der Waals surface area contributed by atoms with Crippen molar-refractivity contribution in [2.75, 3.05) is 0 Å². The molecular formula is C18H37NO4. The number of aliphatic hydroxyl groups is 3. The Labute approximate surface area is 141 Å². The molecule has 23 heavy (non-hydrogen) atoms. The number of nitroso groups, excluding NO2 is 1. The van der Waals surface area contributed by atoms with Gasteiger partial charge >= 0.3 is 0 Å². The molecule has 0 aliphatic carbocycles. The molecule has 0 amide bonds. The zero-order valence-corrected chi connectivity index (χ0v) is 15.0. The molecule has 4 atom stereocenters. The van der Waals surface area contributed by atoms with Crippen LogP contribution in [0.3, 0.4) is 0 Å². The topological polar surface area (TPSA) is 90.1 Å². The van der Waals surface area contributed by atoms with Gasteiger partial charge in [-0.05, 0) is 45.4 Å². The first-order chi connectivity index (χ1) is 11.0. The predicted molar refractivity (Wildman–Crippen MR) is 94.4 cm³/mol. The maximum absolute atomic E-state index is 10.7. The third kappa shape index (κ3) is 14.8. The minimum atomic E-state index is -0.461. The number of hydrogen-bond acceptors (Lipinski definition) is 5. The first kappa shape index (κ1) is 22.5. The van der Waals surface area contributed by atoms with Crippen molar-refractivity contribution in [1.29, 1.82) is 0 Å². The van der Waals surface area contributed by atoms with E-state index >= 15 is 0 Å². The quantitative estimate of drug-likeness (QED) is 0.295. The Balaban J connectivity index is 3.52. The van der Waals surface area contributed by atoms with E-state index in [9.17, 15) is 15.1 Å². The van der Waals surface area contributed by atoms with Crippen molar-refractivity contribution in [3.63, 3.8) is 0 Å². The van der Waals surface area contributed by atoms with Gasteiger partial charge in [-0.15, -0.1) is 0 Å². The number of nitrogens with zero attached hydrogens (tertiary/aromatic N) is 1. The molecule has 0 spiro atoms. The van der Waals surface area contributed by atoms with E-state index in [1.54, 1.807) is 6.92 Å². The van der Waals surface area contributed by atoms with E-state index in [0.717, 1.165) is 64.2 Å². The molecule has 0 aliphatic heterocycles. The molecule has 3 N–H and O–H groups in total. The summed E-state index contributed by atoms with van der Waals surface area (Å²) in [6, 6.07) is -0.0532. The van der Waals surface area contributed by atoms with Crippen LogP contribution in [0.25, 0.3) is 0 Å². The first-order valence-corrected chi connectivity index (χ1v) is 9.36. The van der Waals surface area contributed by atoms with Crippen molar-refractivity contribution in [2.24, 2.45) is 5.18 Å². The molecule has 5 heteroatoms. The Kier molecular flexibility index (Phi) is 14.7. The van der Waals surface area contributed by atoms with Crippen LogP contribution in [0.15, 0.2) is 5.18 Å². The maximum Gasteiger partial charge on any atom is 0.0919 e. The molecule has 5 nitrogen and oxygen atoms in total. The summed E-state index contributed by atoms with van der Waals surface area (Å²) in [4.78, 5) is 10.7. The van der Waals surface area contributed by atoms with Crippen molar-refractivity contribution in [3.8, 4) is 0 Å². The molecule has 0 saturated carbocycles. The van der Waals surface area contributed by atoms with E-state index in [2.05, 4.69) is 12.1 Å². The fourth-order valence-electron chi connectivity index (χ4n) is 2.87. The zero-order valence-electron chi connectivity index (χ0n) is 15.0. The van der Waals surface area contributed by atoms with Crippen LogP contribution in [-0.4, -0.2) is 39.7 Å². The van der Waals surface area contributed by atoms with Crippen LogP contribution in [0.1, 0.15) is 90.9 Å². The Bertz CT molecular complexity index is 274. The van der Waals surface area contributed by atoms with E-state index in [1.807, 2.05) is 0 Å². The van der Waals surface area contributed by atoms with Crippen molar-refractivity contribution in [3.05, 3.63) is 4.91 Å². The normalized spacial score (nSPS) is 16.7. The van der Waals surface area contributed by atoms with Gasteiger partial charge in [-0.1, -0.05) is 50.6 Å². The highest BCUT2D eigenvalue weighted by molar-refractivity contribution is 4.67. The van der Waals surface area contributed by atoms with Gasteiger partial charge in [0.1, 0.15) is 0 Å². The first-order valence-electron chi connectivity index (χ1n) is 9.36. The lowest BCUT2D eigenvalue weighted by Crippen LogP contribution is -2.15. The van der Waals surface area contributed by atoms with Crippen LogP contribution < -0.4 is 0 Å². The molecule has 0 heterocycles. The molecule has 0 saturated heterocycles. The lowest BCUT2D eigenvalue weighted by atomic mass is 9.99. The SMILES string of the molecule is CCCCC(CCCCC(O)CCCCC(O)C[C@H](C)O)N=O. The summed E-state index contributed by atoms with van der Waals surface area (Å²) in [6.07, 6.45) is 8.97. The third-order valence-electron chi connectivity index (χ3n) is 4.30. The molecule has 0 aromatic carbocycles. The van der Waals surface area contributed by atoms with Gasteiger partial charge in [0, 0.05) is 0 Å². The molecule has 0 radical (unpaired) electrons. The second-order valence-electron chi connectivity index (χ2n) is 6.86. The van der Waals surface area contributed by atoms with E-state index < -0.39 is 12.2 Å². The van der Waals surface area contributed by atoms with Gasteiger partial charge in [0.15, 0.2) is 0 Å². The fourth-order valence-corrected chi connectivity index (χ4v) is 2.87. The average molecular weight is 331 g/mol. The van der Waals surface area contributed by atoms with E-state index in [1.165, 1.54) is 0 Å². The molecule has 0 aromatic rings. The number of aliphatic hydroxyl groups excluding tert-OH is 3. The molecule has 0 bridgehead atoms. The van der Waals surface area contributed by atoms with Gasteiger partial charge in [-0.2, -0.15) is 4.91 Å². The summed E-state index contributed by atoms with van der Waals surface area (Å²) < 4.78 is 0. The summed E-state index contributed by atoms with van der Waals surface area (Å²) in [5, 5.41) is 31.9. The molecule has 0 aliphatic rings. The van der Waals surface area contributed by atoms with Crippen LogP contribution in [0, 0.1) is 4.91 Å². The molecule has 138 valence electrons. The summed E-state index contributed by atoms with van der Waals surface area (Å²) >= 11 is 0. The lowest BCUT2D eigenvalue weighted by molar-refractivity contribution is 0.0815. The summed E-state index contributed by atoms with van der Waals surface area (Å²) in [7, 11) is 0. The molecular weight excluding hydrogens is 294 g/mol. The van der Waals surface area contributed by atoms with Crippen LogP contribution in [-0.2, 0) is 0 Å². The van der Waals surface area contributed by atoms with Crippen LogP contribution in [0.2, 0.25) is 0 Å². The predicted octanol–water partition coefficient (Wildman–Crippen LogP) is 3.93. The highest BCUT2D eigenvalue weighted by atomic mass is 16.3. The number of unbranched alkanes of at least 4 members (excludes halogenated alkanes) is 3. The molecule has 0 rings (SSSR count). The number of rotatable bonds is 16. The highest BCUT2D eigenvalue weighted by Gasteiger charge is 2.10. The Morgan fingerprint density at radius 2 is 1.26 bits per heavy atom. The van der Waals surface area contributed by atoms with E-state index in [4.69, 9.17) is 5.11 Å². The standard InChI is InChI=1S/C18H37NO4/c1-3-4-9-16(19-23)10-5-6-11-17(21)12-7-8-13-18(22)14-15(2)20/h15-18,20-22H,3-14H2,1-2H3/t15-,16?,17?,18?/m0/s1. The smallest absolute Gasteiger partial charge is 0.0919 e. The minimum Gasteiger partial charge on any atom is -0.393 e. The largest absolute Gasteiger partial charge is 0.393 e. The minimum absolute atomic E-state index is 0.0532. The second kappa shape index (κ2) is 15.0. The van der Waals surface area contributed by atoms with Gasteiger partial charge in [0.05, 0.1) is 24.4 Å². The number of hydrogen-bond donors (Lipinski definition) is 3. The molecule has 0 fully saturated rings. The van der Waals surface area contributed by atoms with Gasteiger partial charge in [0.25, 0.3) is 0 Å².